The maximum Gasteiger partial charge on any atom is 0.221 e. The fraction of sp³-hybridized carbons (Fsp3) is 0.278. The number of carbonyl (C=O) groups excluding carboxylic acids is 1. The predicted molar refractivity (Wildman–Crippen MR) is 87.2 cm³/mol. The van der Waals surface area contributed by atoms with E-state index in [9.17, 15) is 4.79 Å². The number of aryl methyl sites for hydroxylation is 1. The number of nitrogens with one attached hydrogen (secondary N) is 2. The predicted octanol–water partition coefficient (Wildman–Crippen LogP) is 3.80. The quantitative estimate of drug-likeness (QED) is 0.875. The lowest BCUT2D eigenvalue weighted by Gasteiger charge is -2.18. The number of hydrogen-bond donors (Lipinski definition) is 2. The van der Waals surface area contributed by atoms with E-state index in [4.69, 9.17) is 0 Å². The standard InChI is InChI=1S/C18H22N2O/c1-13-8-4-6-10-17(13)14(2)19-12-16-9-5-7-11-18(16)20-15(3)21/h4-11,14,19H,12H2,1-3H3,(H,20,21)/t14-/m1/s1. The van der Waals surface area contributed by atoms with Gasteiger partial charge >= 0.3 is 0 Å². The average molecular weight is 282 g/mol. The van der Waals surface area contributed by atoms with Crippen LogP contribution in [0.4, 0.5) is 5.69 Å². The van der Waals surface area contributed by atoms with Crippen molar-refractivity contribution in [3.63, 3.8) is 0 Å². The van der Waals surface area contributed by atoms with Crippen LogP contribution in [0.15, 0.2) is 48.5 Å². The van der Waals surface area contributed by atoms with Crippen LogP contribution in [0.1, 0.15) is 36.6 Å². The number of carbonyl (C=O) groups is 1. The second-order valence-electron chi connectivity index (χ2n) is 5.30. The molecule has 0 saturated heterocycles. The number of anilines is 1. The van der Waals surface area contributed by atoms with Gasteiger partial charge in [0.2, 0.25) is 5.91 Å². The van der Waals surface area contributed by atoms with Crippen molar-refractivity contribution in [2.24, 2.45) is 0 Å². The number of benzene rings is 2. The smallest absolute Gasteiger partial charge is 0.221 e. The van der Waals surface area contributed by atoms with E-state index in [1.54, 1.807) is 0 Å². The van der Waals surface area contributed by atoms with Crippen molar-refractivity contribution in [3.8, 4) is 0 Å². The van der Waals surface area contributed by atoms with E-state index in [0.29, 0.717) is 6.54 Å². The summed E-state index contributed by atoms with van der Waals surface area (Å²) in [6.45, 7) is 6.52. The number of hydrogen-bond acceptors (Lipinski definition) is 2. The highest BCUT2D eigenvalue weighted by atomic mass is 16.1. The minimum Gasteiger partial charge on any atom is -0.326 e. The van der Waals surface area contributed by atoms with Crippen LogP contribution in [0.5, 0.6) is 0 Å². The van der Waals surface area contributed by atoms with Crippen molar-refractivity contribution in [1.82, 2.24) is 5.32 Å². The molecule has 0 aromatic heterocycles. The lowest BCUT2D eigenvalue weighted by molar-refractivity contribution is -0.114. The molecular weight excluding hydrogens is 260 g/mol. The molecule has 1 amide bonds. The third kappa shape index (κ3) is 4.17. The van der Waals surface area contributed by atoms with Gasteiger partial charge in [0.25, 0.3) is 0 Å². The van der Waals surface area contributed by atoms with Gasteiger partial charge in [0.1, 0.15) is 0 Å². The van der Waals surface area contributed by atoms with Crippen molar-refractivity contribution in [2.75, 3.05) is 5.32 Å². The van der Waals surface area contributed by atoms with Gasteiger partial charge in [0.05, 0.1) is 0 Å². The summed E-state index contributed by atoms with van der Waals surface area (Å²) in [7, 11) is 0. The summed E-state index contributed by atoms with van der Waals surface area (Å²) < 4.78 is 0. The van der Waals surface area contributed by atoms with Gasteiger partial charge in [0.15, 0.2) is 0 Å². The fourth-order valence-electron chi connectivity index (χ4n) is 2.43. The largest absolute Gasteiger partial charge is 0.326 e. The van der Waals surface area contributed by atoms with E-state index < -0.39 is 0 Å². The Labute approximate surface area is 126 Å². The Hall–Kier alpha value is -2.13. The van der Waals surface area contributed by atoms with Gasteiger partial charge in [-0.1, -0.05) is 42.5 Å². The normalized spacial score (nSPS) is 12.0. The topological polar surface area (TPSA) is 41.1 Å². The first-order valence-electron chi connectivity index (χ1n) is 7.22. The number of amides is 1. The van der Waals surface area contributed by atoms with E-state index in [-0.39, 0.29) is 11.9 Å². The molecule has 0 heterocycles. The maximum absolute atomic E-state index is 11.2. The molecule has 3 heteroatoms. The molecule has 0 bridgehead atoms. The monoisotopic (exact) mass is 282 g/mol. The van der Waals surface area contributed by atoms with Gasteiger partial charge in [-0.05, 0) is 36.6 Å². The van der Waals surface area contributed by atoms with Crippen molar-refractivity contribution in [3.05, 3.63) is 65.2 Å². The third-order valence-electron chi connectivity index (χ3n) is 3.58. The second-order valence-corrected chi connectivity index (χ2v) is 5.30. The molecule has 0 aliphatic heterocycles. The van der Waals surface area contributed by atoms with Crippen LogP contribution in [0.2, 0.25) is 0 Å². The molecule has 0 fully saturated rings. The van der Waals surface area contributed by atoms with Crippen LogP contribution < -0.4 is 10.6 Å². The lowest BCUT2D eigenvalue weighted by Crippen LogP contribution is -2.20. The van der Waals surface area contributed by atoms with Crippen LogP contribution in [0.3, 0.4) is 0 Å². The van der Waals surface area contributed by atoms with Crippen LogP contribution >= 0.6 is 0 Å². The zero-order valence-corrected chi connectivity index (χ0v) is 12.8. The molecular formula is C18H22N2O. The molecule has 0 unspecified atom stereocenters. The lowest BCUT2D eigenvalue weighted by atomic mass is 10.0. The molecule has 21 heavy (non-hydrogen) atoms. The van der Waals surface area contributed by atoms with E-state index in [1.165, 1.54) is 18.1 Å². The van der Waals surface area contributed by atoms with Gasteiger partial charge in [-0.3, -0.25) is 4.79 Å². The van der Waals surface area contributed by atoms with Crippen molar-refractivity contribution in [1.29, 1.82) is 0 Å². The third-order valence-corrected chi connectivity index (χ3v) is 3.58. The molecule has 0 aliphatic carbocycles. The van der Waals surface area contributed by atoms with Gasteiger partial charge in [-0.15, -0.1) is 0 Å². The Morgan fingerprint density at radius 3 is 2.48 bits per heavy atom. The molecule has 2 aromatic carbocycles. The highest BCUT2D eigenvalue weighted by molar-refractivity contribution is 5.89. The summed E-state index contributed by atoms with van der Waals surface area (Å²) in [4.78, 5) is 11.2. The molecule has 0 spiro atoms. The summed E-state index contributed by atoms with van der Waals surface area (Å²) in [6, 6.07) is 16.5. The van der Waals surface area contributed by atoms with Crippen LogP contribution in [-0.2, 0) is 11.3 Å². The molecule has 0 aliphatic rings. The first-order chi connectivity index (χ1) is 10.1. The van der Waals surface area contributed by atoms with Gasteiger partial charge < -0.3 is 10.6 Å². The van der Waals surface area contributed by atoms with E-state index in [2.05, 4.69) is 48.7 Å². The number of para-hydroxylation sites is 1. The first-order valence-corrected chi connectivity index (χ1v) is 7.22. The van der Waals surface area contributed by atoms with Crippen molar-refractivity contribution >= 4 is 11.6 Å². The van der Waals surface area contributed by atoms with Gasteiger partial charge in [-0.2, -0.15) is 0 Å². The highest BCUT2D eigenvalue weighted by Gasteiger charge is 2.09. The Morgan fingerprint density at radius 2 is 1.76 bits per heavy atom. The Bertz CT molecular complexity index is 622. The Kier molecular flexibility index (Phi) is 5.12. The van der Waals surface area contributed by atoms with E-state index in [1.807, 2.05) is 24.3 Å². The van der Waals surface area contributed by atoms with E-state index in [0.717, 1.165) is 11.3 Å². The maximum atomic E-state index is 11.2. The summed E-state index contributed by atoms with van der Waals surface area (Å²) in [5.41, 5.74) is 4.55. The zero-order chi connectivity index (χ0) is 15.2. The zero-order valence-electron chi connectivity index (χ0n) is 12.8. The average Bonchev–Trinajstić information content (AvgIpc) is 2.46. The van der Waals surface area contributed by atoms with Crippen LogP contribution in [-0.4, -0.2) is 5.91 Å². The summed E-state index contributed by atoms with van der Waals surface area (Å²) in [5, 5.41) is 6.39. The van der Waals surface area contributed by atoms with Gasteiger partial charge in [-0.25, -0.2) is 0 Å². The number of rotatable bonds is 5. The molecule has 0 saturated carbocycles. The Morgan fingerprint density at radius 1 is 1.10 bits per heavy atom. The van der Waals surface area contributed by atoms with Crippen molar-refractivity contribution in [2.45, 2.75) is 33.4 Å². The molecule has 0 radical (unpaired) electrons. The SMILES string of the molecule is CC(=O)Nc1ccccc1CN[C@H](C)c1ccccc1C. The highest BCUT2D eigenvalue weighted by Crippen LogP contribution is 2.19. The first kappa shape index (κ1) is 15.3. The van der Waals surface area contributed by atoms with Gasteiger partial charge in [0, 0.05) is 25.2 Å². The summed E-state index contributed by atoms with van der Waals surface area (Å²) in [5.74, 6) is -0.0468. The molecule has 110 valence electrons. The van der Waals surface area contributed by atoms with Crippen molar-refractivity contribution < 1.29 is 4.79 Å². The summed E-state index contributed by atoms with van der Waals surface area (Å²) in [6.07, 6.45) is 0. The minimum absolute atomic E-state index is 0.0468. The molecule has 2 aromatic rings. The molecule has 2 rings (SSSR count). The summed E-state index contributed by atoms with van der Waals surface area (Å²) >= 11 is 0. The fourth-order valence-corrected chi connectivity index (χ4v) is 2.43. The molecule has 3 nitrogen and oxygen atoms in total. The molecule has 1 atom stereocenters. The van der Waals surface area contributed by atoms with E-state index >= 15 is 0 Å². The second kappa shape index (κ2) is 7.04. The molecule has 2 N–H and O–H groups in total. The van der Waals surface area contributed by atoms with Crippen LogP contribution in [0.25, 0.3) is 0 Å². The van der Waals surface area contributed by atoms with Crippen LogP contribution in [0, 0.1) is 6.92 Å². The Balaban J connectivity index is 2.06. The minimum atomic E-state index is -0.0468.